The third kappa shape index (κ3) is 5.54. The average molecular weight is 370 g/mol. The van der Waals surface area contributed by atoms with Crippen LogP contribution >= 0.6 is 0 Å². The van der Waals surface area contributed by atoms with E-state index >= 15 is 0 Å². The highest BCUT2D eigenvalue weighted by molar-refractivity contribution is 5.95. The van der Waals surface area contributed by atoms with Gasteiger partial charge in [0.2, 0.25) is 5.91 Å². The molecule has 0 bridgehead atoms. The molecule has 2 N–H and O–H groups in total. The molecular weight excluding hydrogens is 353 g/mol. The van der Waals surface area contributed by atoms with Gasteiger partial charge in [-0.25, -0.2) is 0 Å². The molecule has 26 heavy (non-hydrogen) atoms. The molecule has 140 valence electrons. The lowest BCUT2D eigenvalue weighted by Gasteiger charge is -2.14. The Balaban J connectivity index is 1.74. The zero-order valence-electron chi connectivity index (χ0n) is 13.8. The Morgan fingerprint density at radius 1 is 1.23 bits per heavy atom. The van der Waals surface area contributed by atoms with Gasteiger partial charge in [-0.1, -0.05) is 6.07 Å². The Bertz CT molecular complexity index is 745. The molecule has 1 atom stereocenters. The lowest BCUT2D eigenvalue weighted by Crippen LogP contribution is -2.45. The van der Waals surface area contributed by atoms with E-state index in [0.29, 0.717) is 0 Å². The quantitative estimate of drug-likeness (QED) is 0.735. The third-order valence-electron chi connectivity index (χ3n) is 3.32. The number of carbonyl (C=O) groups excluding carboxylic acids is 2. The molecule has 0 saturated carbocycles. The molecule has 1 unspecified atom stereocenters. The second-order valence-corrected chi connectivity index (χ2v) is 5.34. The van der Waals surface area contributed by atoms with Crippen molar-refractivity contribution in [1.29, 1.82) is 0 Å². The first kappa shape index (κ1) is 19.4. The summed E-state index contributed by atoms with van der Waals surface area (Å²) in [6.07, 6.45) is -3.11. The molecule has 2 amide bonds. The van der Waals surface area contributed by atoms with Gasteiger partial charge in [0.15, 0.2) is 5.76 Å². The van der Waals surface area contributed by atoms with E-state index in [9.17, 15) is 22.8 Å². The Hall–Kier alpha value is -2.97. The van der Waals surface area contributed by atoms with E-state index in [-0.39, 0.29) is 24.7 Å². The minimum absolute atomic E-state index is 0.0219. The minimum atomic E-state index is -4.45. The SMILES string of the molecule is CC(NC(=O)c1ccco1)C(=O)NCCOc1cccc(C(F)(F)F)c1. The first-order valence-corrected chi connectivity index (χ1v) is 7.69. The van der Waals surface area contributed by atoms with Gasteiger partial charge in [0.05, 0.1) is 18.4 Å². The van der Waals surface area contributed by atoms with E-state index in [2.05, 4.69) is 10.6 Å². The maximum atomic E-state index is 12.6. The van der Waals surface area contributed by atoms with Crippen LogP contribution in [-0.2, 0) is 11.0 Å². The molecular formula is C17H17F3N2O4. The molecule has 6 nitrogen and oxygen atoms in total. The van der Waals surface area contributed by atoms with Crippen molar-refractivity contribution in [3.63, 3.8) is 0 Å². The fraction of sp³-hybridized carbons (Fsp3) is 0.294. The number of halogens is 3. The summed E-state index contributed by atoms with van der Waals surface area (Å²) in [5.74, 6) is -0.860. The van der Waals surface area contributed by atoms with Crippen molar-refractivity contribution >= 4 is 11.8 Å². The summed E-state index contributed by atoms with van der Waals surface area (Å²) in [4.78, 5) is 23.6. The Kier molecular flexibility index (Phi) is 6.26. The third-order valence-corrected chi connectivity index (χ3v) is 3.32. The summed E-state index contributed by atoms with van der Waals surface area (Å²) in [5.41, 5.74) is -0.812. The van der Waals surface area contributed by atoms with Crippen LogP contribution in [0.25, 0.3) is 0 Å². The molecule has 0 aliphatic carbocycles. The zero-order valence-corrected chi connectivity index (χ0v) is 13.8. The maximum Gasteiger partial charge on any atom is 0.416 e. The van der Waals surface area contributed by atoms with Crippen LogP contribution in [0.5, 0.6) is 5.75 Å². The predicted molar refractivity (Wildman–Crippen MR) is 85.6 cm³/mol. The molecule has 1 heterocycles. The van der Waals surface area contributed by atoms with E-state index in [4.69, 9.17) is 9.15 Å². The van der Waals surface area contributed by atoms with Crippen LogP contribution in [0, 0.1) is 0 Å². The molecule has 9 heteroatoms. The lowest BCUT2D eigenvalue weighted by atomic mass is 10.2. The highest BCUT2D eigenvalue weighted by Gasteiger charge is 2.30. The molecule has 0 radical (unpaired) electrons. The van der Waals surface area contributed by atoms with Crippen molar-refractivity contribution in [2.45, 2.75) is 19.1 Å². The predicted octanol–water partition coefficient (Wildman–Crippen LogP) is 2.61. The molecule has 0 spiro atoms. The standard InChI is InChI=1S/C17H17F3N2O4/c1-11(22-16(24)14-6-3-8-26-14)15(23)21-7-9-25-13-5-2-4-12(10-13)17(18,19)20/h2-6,8,10-11H,7,9H2,1H3,(H,21,23)(H,22,24). The number of nitrogens with one attached hydrogen (secondary N) is 2. The molecule has 2 rings (SSSR count). The molecule has 1 aromatic carbocycles. The van der Waals surface area contributed by atoms with Gasteiger partial charge >= 0.3 is 6.18 Å². The lowest BCUT2D eigenvalue weighted by molar-refractivity contribution is -0.137. The number of carbonyl (C=O) groups is 2. The highest BCUT2D eigenvalue weighted by Crippen LogP contribution is 2.31. The second kappa shape index (κ2) is 8.41. The van der Waals surface area contributed by atoms with E-state index in [1.807, 2.05) is 0 Å². The normalized spacial score (nSPS) is 12.3. The minimum Gasteiger partial charge on any atom is -0.492 e. The Morgan fingerprint density at radius 2 is 2.00 bits per heavy atom. The van der Waals surface area contributed by atoms with Crippen molar-refractivity contribution < 1.29 is 31.9 Å². The fourth-order valence-electron chi connectivity index (χ4n) is 2.00. The molecule has 0 aliphatic rings. The number of alkyl halides is 3. The number of rotatable bonds is 7. The van der Waals surface area contributed by atoms with Crippen LogP contribution in [-0.4, -0.2) is 31.0 Å². The van der Waals surface area contributed by atoms with Gasteiger partial charge in [-0.05, 0) is 37.3 Å². The maximum absolute atomic E-state index is 12.6. The first-order chi connectivity index (χ1) is 12.3. The Morgan fingerprint density at radius 3 is 2.65 bits per heavy atom. The van der Waals surface area contributed by atoms with Gasteiger partial charge in [-0.3, -0.25) is 9.59 Å². The summed E-state index contributed by atoms with van der Waals surface area (Å²) in [7, 11) is 0. The number of benzene rings is 1. The van der Waals surface area contributed by atoms with Gasteiger partial charge in [0.1, 0.15) is 18.4 Å². The number of ether oxygens (including phenoxy) is 1. The molecule has 0 aliphatic heterocycles. The number of hydrogen-bond acceptors (Lipinski definition) is 4. The highest BCUT2D eigenvalue weighted by atomic mass is 19.4. The van der Waals surface area contributed by atoms with Gasteiger partial charge in [0.25, 0.3) is 5.91 Å². The first-order valence-electron chi connectivity index (χ1n) is 7.69. The van der Waals surface area contributed by atoms with Crippen LogP contribution in [0.15, 0.2) is 47.1 Å². The van der Waals surface area contributed by atoms with E-state index in [0.717, 1.165) is 12.1 Å². The number of hydrogen-bond donors (Lipinski definition) is 2. The van der Waals surface area contributed by atoms with Crippen molar-refractivity contribution in [2.24, 2.45) is 0 Å². The van der Waals surface area contributed by atoms with Crippen molar-refractivity contribution in [3.8, 4) is 5.75 Å². The van der Waals surface area contributed by atoms with Crippen molar-refractivity contribution in [2.75, 3.05) is 13.2 Å². The average Bonchev–Trinajstić information content (AvgIpc) is 3.12. The summed E-state index contributed by atoms with van der Waals surface area (Å²) >= 11 is 0. The molecule has 0 saturated heterocycles. The van der Waals surface area contributed by atoms with Gasteiger partial charge in [-0.15, -0.1) is 0 Å². The van der Waals surface area contributed by atoms with Gasteiger partial charge < -0.3 is 19.8 Å². The van der Waals surface area contributed by atoms with E-state index in [1.54, 1.807) is 6.07 Å². The summed E-state index contributed by atoms with van der Waals surface area (Å²) in [6, 6.07) is 6.65. The fourth-order valence-corrected chi connectivity index (χ4v) is 2.00. The molecule has 2 aromatic rings. The summed E-state index contributed by atoms with van der Waals surface area (Å²) in [5, 5.41) is 4.97. The zero-order chi connectivity index (χ0) is 19.2. The van der Waals surface area contributed by atoms with Crippen LogP contribution in [0.2, 0.25) is 0 Å². The van der Waals surface area contributed by atoms with Crippen LogP contribution < -0.4 is 15.4 Å². The number of amides is 2. The molecule has 1 aromatic heterocycles. The number of furan rings is 1. The van der Waals surface area contributed by atoms with E-state index < -0.39 is 29.6 Å². The largest absolute Gasteiger partial charge is 0.492 e. The summed E-state index contributed by atoms with van der Waals surface area (Å²) < 4.78 is 47.9. The smallest absolute Gasteiger partial charge is 0.416 e. The second-order valence-electron chi connectivity index (χ2n) is 5.34. The van der Waals surface area contributed by atoms with Crippen molar-refractivity contribution in [3.05, 3.63) is 54.0 Å². The van der Waals surface area contributed by atoms with Gasteiger partial charge in [-0.2, -0.15) is 13.2 Å². The summed E-state index contributed by atoms with van der Waals surface area (Å²) in [6.45, 7) is 1.53. The monoisotopic (exact) mass is 370 g/mol. The molecule has 0 fully saturated rings. The van der Waals surface area contributed by atoms with E-state index in [1.165, 1.54) is 31.4 Å². The van der Waals surface area contributed by atoms with Crippen LogP contribution in [0.4, 0.5) is 13.2 Å². The van der Waals surface area contributed by atoms with Crippen LogP contribution in [0.3, 0.4) is 0 Å². The topological polar surface area (TPSA) is 80.6 Å². The van der Waals surface area contributed by atoms with Gasteiger partial charge in [0, 0.05) is 0 Å². The van der Waals surface area contributed by atoms with Crippen LogP contribution in [0.1, 0.15) is 23.0 Å². The van der Waals surface area contributed by atoms with Crippen molar-refractivity contribution in [1.82, 2.24) is 10.6 Å². The Labute approximate surface area is 147 Å².